The number of nitrogens with one attached hydrogen (secondary N) is 1. The van der Waals surface area contributed by atoms with Gasteiger partial charge in [0.15, 0.2) is 0 Å². The molecule has 4 nitrogen and oxygen atoms in total. The van der Waals surface area contributed by atoms with Crippen molar-refractivity contribution in [1.29, 1.82) is 0 Å². The number of amides is 1. The van der Waals surface area contributed by atoms with E-state index < -0.39 is 6.09 Å². The molecule has 0 heterocycles. The molecule has 4 heteroatoms. The van der Waals surface area contributed by atoms with Crippen molar-refractivity contribution in [2.45, 2.75) is 13.8 Å². The van der Waals surface area contributed by atoms with Crippen molar-refractivity contribution < 1.29 is 14.3 Å². The van der Waals surface area contributed by atoms with E-state index in [0.717, 1.165) is 11.3 Å². The molecule has 104 valence electrons. The maximum atomic E-state index is 11.3. The Bertz CT molecular complexity index is 579. The second-order valence-electron chi connectivity index (χ2n) is 4.29. The third-order valence-electron chi connectivity index (χ3n) is 2.60. The summed E-state index contributed by atoms with van der Waals surface area (Å²) < 4.78 is 10.5. The minimum Gasteiger partial charge on any atom is -0.457 e. The second-order valence-corrected chi connectivity index (χ2v) is 4.29. The van der Waals surface area contributed by atoms with Crippen LogP contribution < -0.4 is 10.1 Å². The molecule has 0 saturated heterocycles. The quantitative estimate of drug-likeness (QED) is 0.899. The van der Waals surface area contributed by atoms with Crippen molar-refractivity contribution in [2.24, 2.45) is 0 Å². The van der Waals surface area contributed by atoms with E-state index in [1.54, 1.807) is 31.2 Å². The van der Waals surface area contributed by atoms with E-state index in [1.165, 1.54) is 0 Å². The van der Waals surface area contributed by atoms with Gasteiger partial charge >= 0.3 is 6.09 Å². The van der Waals surface area contributed by atoms with Crippen LogP contribution in [0.4, 0.5) is 10.5 Å². The maximum Gasteiger partial charge on any atom is 0.411 e. The molecule has 0 aliphatic rings. The number of hydrogen-bond donors (Lipinski definition) is 1. The number of carbonyl (C=O) groups excluding carboxylic acids is 1. The highest BCUT2D eigenvalue weighted by Crippen LogP contribution is 2.23. The smallest absolute Gasteiger partial charge is 0.411 e. The van der Waals surface area contributed by atoms with Crippen LogP contribution in [0.2, 0.25) is 0 Å². The maximum absolute atomic E-state index is 11.3. The first kappa shape index (κ1) is 13.9. The minimum atomic E-state index is -0.458. The summed E-state index contributed by atoms with van der Waals surface area (Å²) in [7, 11) is 0. The predicted molar refractivity (Wildman–Crippen MR) is 78.3 cm³/mol. The molecule has 0 radical (unpaired) electrons. The molecule has 0 aliphatic carbocycles. The van der Waals surface area contributed by atoms with Gasteiger partial charge in [0.05, 0.1) is 6.61 Å². The van der Waals surface area contributed by atoms with Crippen molar-refractivity contribution in [3.8, 4) is 11.5 Å². The largest absolute Gasteiger partial charge is 0.457 e. The van der Waals surface area contributed by atoms with Gasteiger partial charge < -0.3 is 9.47 Å². The predicted octanol–water partition coefficient (Wildman–Crippen LogP) is 4.36. The van der Waals surface area contributed by atoms with Crippen LogP contribution in [0, 0.1) is 6.92 Å². The average Bonchev–Trinajstić information content (AvgIpc) is 2.41. The summed E-state index contributed by atoms with van der Waals surface area (Å²) in [6.07, 6.45) is -0.458. The van der Waals surface area contributed by atoms with Crippen molar-refractivity contribution in [3.63, 3.8) is 0 Å². The fourth-order valence-corrected chi connectivity index (χ4v) is 1.71. The molecule has 1 amide bonds. The number of anilines is 1. The Balaban J connectivity index is 1.99. The van der Waals surface area contributed by atoms with Gasteiger partial charge in [-0.1, -0.05) is 12.1 Å². The molecule has 1 N–H and O–H groups in total. The van der Waals surface area contributed by atoms with Crippen molar-refractivity contribution in [3.05, 3.63) is 54.1 Å². The topological polar surface area (TPSA) is 47.6 Å². The van der Waals surface area contributed by atoms with Gasteiger partial charge in [-0.25, -0.2) is 4.79 Å². The van der Waals surface area contributed by atoms with Gasteiger partial charge in [0, 0.05) is 5.69 Å². The number of hydrogen-bond acceptors (Lipinski definition) is 3. The number of rotatable bonds is 4. The molecule has 0 spiro atoms. The number of carbonyl (C=O) groups is 1. The highest BCUT2D eigenvalue weighted by atomic mass is 16.5. The Kier molecular flexibility index (Phi) is 4.60. The molecule has 0 fully saturated rings. The molecule has 2 rings (SSSR count). The van der Waals surface area contributed by atoms with E-state index in [1.807, 2.05) is 31.2 Å². The Labute approximate surface area is 118 Å². The van der Waals surface area contributed by atoms with Crippen LogP contribution in [-0.4, -0.2) is 12.7 Å². The Morgan fingerprint density at radius 3 is 2.50 bits per heavy atom. The fraction of sp³-hybridized carbons (Fsp3) is 0.188. The van der Waals surface area contributed by atoms with Crippen LogP contribution in [-0.2, 0) is 4.74 Å². The van der Waals surface area contributed by atoms with Gasteiger partial charge in [-0.3, -0.25) is 5.32 Å². The van der Waals surface area contributed by atoms with Crippen LogP contribution in [0.15, 0.2) is 48.5 Å². The average molecular weight is 271 g/mol. The summed E-state index contributed by atoms with van der Waals surface area (Å²) >= 11 is 0. The van der Waals surface area contributed by atoms with Crippen LogP contribution in [0.3, 0.4) is 0 Å². The summed E-state index contributed by atoms with van der Waals surface area (Å²) in [5.41, 5.74) is 1.81. The SMILES string of the molecule is CCOC(=O)Nc1ccc(Oc2cccc(C)c2)cc1. The molecule has 0 aliphatic heterocycles. The molecular weight excluding hydrogens is 254 g/mol. The molecule has 0 aromatic heterocycles. The highest BCUT2D eigenvalue weighted by Gasteiger charge is 2.02. The molecule has 2 aromatic rings. The Morgan fingerprint density at radius 1 is 1.10 bits per heavy atom. The molecule has 0 atom stereocenters. The monoisotopic (exact) mass is 271 g/mol. The number of ether oxygens (including phenoxy) is 2. The Hall–Kier alpha value is -2.49. The van der Waals surface area contributed by atoms with E-state index in [2.05, 4.69) is 5.32 Å². The van der Waals surface area contributed by atoms with Crippen LogP contribution >= 0.6 is 0 Å². The second kappa shape index (κ2) is 6.61. The van der Waals surface area contributed by atoms with Crippen molar-refractivity contribution in [2.75, 3.05) is 11.9 Å². The zero-order valence-electron chi connectivity index (χ0n) is 11.6. The van der Waals surface area contributed by atoms with Crippen molar-refractivity contribution in [1.82, 2.24) is 0 Å². The third kappa shape index (κ3) is 4.02. The van der Waals surface area contributed by atoms with Gasteiger partial charge in [-0.05, 0) is 55.8 Å². The first-order chi connectivity index (χ1) is 9.67. The normalized spacial score (nSPS) is 9.90. The fourth-order valence-electron chi connectivity index (χ4n) is 1.71. The van der Waals surface area contributed by atoms with E-state index in [-0.39, 0.29) is 0 Å². The van der Waals surface area contributed by atoms with E-state index in [9.17, 15) is 4.79 Å². The summed E-state index contributed by atoms with van der Waals surface area (Å²) in [5, 5.41) is 2.63. The number of benzene rings is 2. The standard InChI is InChI=1S/C16H17NO3/c1-3-19-16(18)17-13-7-9-14(10-8-13)20-15-6-4-5-12(2)11-15/h4-11H,3H2,1-2H3,(H,17,18). The van der Waals surface area contributed by atoms with Gasteiger partial charge in [-0.2, -0.15) is 0 Å². The third-order valence-corrected chi connectivity index (χ3v) is 2.60. The molecule has 0 unspecified atom stereocenters. The van der Waals surface area contributed by atoms with Crippen LogP contribution in [0.25, 0.3) is 0 Å². The van der Waals surface area contributed by atoms with E-state index in [4.69, 9.17) is 9.47 Å². The van der Waals surface area contributed by atoms with Crippen LogP contribution in [0.1, 0.15) is 12.5 Å². The van der Waals surface area contributed by atoms with E-state index >= 15 is 0 Å². The summed E-state index contributed by atoms with van der Waals surface area (Å²) in [5.74, 6) is 1.50. The van der Waals surface area contributed by atoms with Gasteiger partial charge in [0.2, 0.25) is 0 Å². The van der Waals surface area contributed by atoms with Gasteiger partial charge in [-0.15, -0.1) is 0 Å². The zero-order chi connectivity index (χ0) is 14.4. The number of aryl methyl sites for hydroxylation is 1. The molecule has 20 heavy (non-hydrogen) atoms. The van der Waals surface area contributed by atoms with Crippen LogP contribution in [0.5, 0.6) is 11.5 Å². The lowest BCUT2D eigenvalue weighted by Gasteiger charge is -2.08. The molecule has 0 bridgehead atoms. The molecular formula is C16H17NO3. The van der Waals surface area contributed by atoms with E-state index in [0.29, 0.717) is 18.0 Å². The summed E-state index contributed by atoms with van der Waals surface area (Å²) in [6.45, 7) is 4.12. The molecule has 2 aromatic carbocycles. The van der Waals surface area contributed by atoms with Gasteiger partial charge in [0.25, 0.3) is 0 Å². The Morgan fingerprint density at radius 2 is 1.85 bits per heavy atom. The summed E-state index contributed by atoms with van der Waals surface area (Å²) in [6, 6.07) is 14.9. The van der Waals surface area contributed by atoms with Gasteiger partial charge in [0.1, 0.15) is 11.5 Å². The van der Waals surface area contributed by atoms with Crippen molar-refractivity contribution >= 4 is 11.8 Å². The highest BCUT2D eigenvalue weighted by molar-refractivity contribution is 5.84. The minimum absolute atomic E-state index is 0.348. The summed E-state index contributed by atoms with van der Waals surface area (Å²) in [4.78, 5) is 11.3. The first-order valence-corrected chi connectivity index (χ1v) is 6.46. The lowest BCUT2D eigenvalue weighted by molar-refractivity contribution is 0.168. The zero-order valence-corrected chi connectivity index (χ0v) is 11.6. The lowest BCUT2D eigenvalue weighted by Crippen LogP contribution is -2.12. The lowest BCUT2D eigenvalue weighted by atomic mass is 10.2. The first-order valence-electron chi connectivity index (χ1n) is 6.46. The molecule has 0 saturated carbocycles.